The third kappa shape index (κ3) is 9.20. The van der Waals surface area contributed by atoms with E-state index < -0.39 is 28.5 Å². The van der Waals surface area contributed by atoms with E-state index in [1.165, 1.54) is 17.0 Å². The summed E-state index contributed by atoms with van der Waals surface area (Å²) in [5, 5.41) is 2.97. The third-order valence-electron chi connectivity index (χ3n) is 7.27. The molecule has 4 aromatic carbocycles. The van der Waals surface area contributed by atoms with Crippen LogP contribution in [0.2, 0.25) is 0 Å². The number of ether oxygens (including phenoxy) is 1. The maximum absolute atomic E-state index is 14.5. The van der Waals surface area contributed by atoms with Crippen molar-refractivity contribution < 1.29 is 22.7 Å². The number of nitrogens with zero attached hydrogens (tertiary/aromatic N) is 2. The second-order valence-corrected chi connectivity index (χ2v) is 14.1. The van der Waals surface area contributed by atoms with E-state index in [9.17, 15) is 18.0 Å². The van der Waals surface area contributed by atoms with Crippen molar-refractivity contribution in [3.8, 4) is 5.75 Å². The summed E-state index contributed by atoms with van der Waals surface area (Å²) in [7, 11) is -4.19. The fourth-order valence-corrected chi connectivity index (χ4v) is 6.87. The summed E-state index contributed by atoms with van der Waals surface area (Å²) < 4.78 is 35.9. The van der Waals surface area contributed by atoms with Gasteiger partial charge in [0.15, 0.2) is 0 Å². The molecule has 0 bridgehead atoms. The predicted octanol–water partition coefficient (Wildman–Crippen LogP) is 6.52. The van der Waals surface area contributed by atoms with Gasteiger partial charge in [-0.3, -0.25) is 13.9 Å². The lowest BCUT2D eigenvalue weighted by molar-refractivity contribution is -0.140. The molecule has 2 amide bonds. The van der Waals surface area contributed by atoms with Gasteiger partial charge in [0.05, 0.1) is 17.2 Å². The van der Waals surface area contributed by atoms with Gasteiger partial charge in [0, 0.05) is 23.5 Å². The van der Waals surface area contributed by atoms with E-state index in [-0.39, 0.29) is 29.8 Å². The number of hydrogen-bond donors (Lipinski definition) is 1. The van der Waals surface area contributed by atoms with E-state index in [4.69, 9.17) is 4.74 Å². The summed E-state index contributed by atoms with van der Waals surface area (Å²) in [5.41, 5.74) is 2.86. The Balaban J connectivity index is 1.80. The molecule has 242 valence electrons. The molecule has 0 spiro atoms. The van der Waals surface area contributed by atoms with E-state index in [1.807, 2.05) is 82.3 Å². The second-order valence-electron chi connectivity index (χ2n) is 11.3. The van der Waals surface area contributed by atoms with Crippen molar-refractivity contribution in [2.45, 2.75) is 57.6 Å². The van der Waals surface area contributed by atoms with Crippen molar-refractivity contribution >= 4 is 43.5 Å². The molecular formula is C36H40BrN3O5S. The summed E-state index contributed by atoms with van der Waals surface area (Å²) in [4.78, 5) is 29.9. The van der Waals surface area contributed by atoms with Crippen molar-refractivity contribution in [3.05, 3.63) is 124 Å². The molecule has 0 radical (unpaired) electrons. The molecule has 46 heavy (non-hydrogen) atoms. The fraction of sp³-hybridized carbons (Fsp3) is 0.278. The minimum absolute atomic E-state index is 0.0525. The Kier molecular flexibility index (Phi) is 12.0. The molecule has 1 N–H and O–H groups in total. The number of hydrogen-bond acceptors (Lipinski definition) is 5. The molecule has 0 fully saturated rings. The first-order valence-corrected chi connectivity index (χ1v) is 17.4. The Labute approximate surface area is 280 Å². The van der Waals surface area contributed by atoms with Gasteiger partial charge in [-0.05, 0) is 87.4 Å². The first-order valence-electron chi connectivity index (χ1n) is 15.2. The lowest BCUT2D eigenvalue weighted by Gasteiger charge is -2.34. The standard InChI is InChI=1S/C36H40BrN3O5S/c1-5-45-32-18-16-31(17-19-32)40(46(43,44)33-20-14-27(4)15-21-33)25-35(41)39(24-29-12-9-13-30(37)22-29)34(36(42)38-26(2)3)23-28-10-7-6-8-11-28/h6-22,26,34H,5,23-25H2,1-4H3,(H,38,42)/t34-/m0/s1. The van der Waals surface area contributed by atoms with Gasteiger partial charge >= 0.3 is 0 Å². The number of aryl methyl sites for hydroxylation is 1. The number of carbonyl (C=O) groups excluding carboxylic acids is 2. The molecule has 1 atom stereocenters. The molecule has 0 aliphatic rings. The molecule has 4 rings (SSSR count). The minimum Gasteiger partial charge on any atom is -0.494 e. The van der Waals surface area contributed by atoms with E-state index >= 15 is 0 Å². The van der Waals surface area contributed by atoms with E-state index in [1.54, 1.807) is 36.4 Å². The normalized spacial score (nSPS) is 12.0. The van der Waals surface area contributed by atoms with Crippen LogP contribution in [0.3, 0.4) is 0 Å². The number of anilines is 1. The van der Waals surface area contributed by atoms with Gasteiger partial charge in [0.2, 0.25) is 11.8 Å². The Morgan fingerprint density at radius 1 is 0.870 bits per heavy atom. The first kappa shape index (κ1) is 34.7. The van der Waals surface area contributed by atoms with Gasteiger partial charge in [0.25, 0.3) is 10.0 Å². The summed E-state index contributed by atoms with van der Waals surface area (Å²) in [6.07, 6.45) is 0.243. The lowest BCUT2D eigenvalue weighted by atomic mass is 10.0. The molecule has 0 aliphatic carbocycles. The molecule has 0 aliphatic heterocycles. The van der Waals surface area contributed by atoms with Gasteiger partial charge in [-0.1, -0.05) is 76.1 Å². The molecule has 0 heterocycles. The summed E-state index contributed by atoms with van der Waals surface area (Å²) in [6, 6.07) is 29.0. The van der Waals surface area contributed by atoms with Crippen LogP contribution < -0.4 is 14.4 Å². The lowest BCUT2D eigenvalue weighted by Crippen LogP contribution is -2.54. The van der Waals surface area contributed by atoms with Crippen LogP contribution in [0.5, 0.6) is 5.75 Å². The predicted molar refractivity (Wildman–Crippen MR) is 185 cm³/mol. The van der Waals surface area contributed by atoms with Crippen LogP contribution >= 0.6 is 15.9 Å². The Hall–Kier alpha value is -4.15. The van der Waals surface area contributed by atoms with Gasteiger partial charge < -0.3 is 15.0 Å². The van der Waals surface area contributed by atoms with Gasteiger partial charge in [0.1, 0.15) is 18.3 Å². The quantitative estimate of drug-likeness (QED) is 0.161. The largest absolute Gasteiger partial charge is 0.494 e. The average Bonchev–Trinajstić information content (AvgIpc) is 3.02. The highest BCUT2D eigenvalue weighted by atomic mass is 79.9. The van der Waals surface area contributed by atoms with Crippen LogP contribution in [-0.4, -0.2) is 50.4 Å². The monoisotopic (exact) mass is 705 g/mol. The highest BCUT2D eigenvalue weighted by molar-refractivity contribution is 9.10. The van der Waals surface area contributed by atoms with Crippen molar-refractivity contribution in [2.24, 2.45) is 0 Å². The van der Waals surface area contributed by atoms with Crippen LogP contribution in [0.25, 0.3) is 0 Å². The Morgan fingerprint density at radius 2 is 1.52 bits per heavy atom. The maximum Gasteiger partial charge on any atom is 0.264 e. The van der Waals surface area contributed by atoms with Crippen molar-refractivity contribution in [2.75, 3.05) is 17.5 Å². The number of carbonyl (C=O) groups is 2. The maximum atomic E-state index is 14.5. The van der Waals surface area contributed by atoms with Crippen molar-refractivity contribution in [3.63, 3.8) is 0 Å². The molecular weight excluding hydrogens is 666 g/mol. The van der Waals surface area contributed by atoms with Gasteiger partial charge in [-0.2, -0.15) is 0 Å². The van der Waals surface area contributed by atoms with E-state index in [2.05, 4.69) is 21.2 Å². The Bertz CT molecular complexity index is 1710. The number of halogens is 1. The van der Waals surface area contributed by atoms with Crippen LogP contribution in [0.15, 0.2) is 112 Å². The highest BCUT2D eigenvalue weighted by Gasteiger charge is 2.35. The highest BCUT2D eigenvalue weighted by Crippen LogP contribution is 2.27. The van der Waals surface area contributed by atoms with Crippen LogP contribution in [-0.2, 0) is 32.6 Å². The number of sulfonamides is 1. The van der Waals surface area contributed by atoms with Gasteiger partial charge in [-0.25, -0.2) is 8.42 Å². The molecule has 4 aromatic rings. The average molecular weight is 707 g/mol. The van der Waals surface area contributed by atoms with E-state index in [0.29, 0.717) is 18.0 Å². The molecule has 0 unspecified atom stereocenters. The number of nitrogens with one attached hydrogen (secondary N) is 1. The van der Waals surface area contributed by atoms with Crippen molar-refractivity contribution in [1.82, 2.24) is 10.2 Å². The molecule has 0 saturated carbocycles. The zero-order valence-electron chi connectivity index (χ0n) is 26.5. The first-order chi connectivity index (χ1) is 22.0. The molecule has 10 heteroatoms. The summed E-state index contributed by atoms with van der Waals surface area (Å²) in [5.74, 6) is -0.268. The fourth-order valence-electron chi connectivity index (χ4n) is 5.01. The summed E-state index contributed by atoms with van der Waals surface area (Å²) in [6.45, 7) is 7.47. The molecule has 0 saturated heterocycles. The number of amides is 2. The van der Waals surface area contributed by atoms with Crippen LogP contribution in [0.4, 0.5) is 5.69 Å². The smallest absolute Gasteiger partial charge is 0.264 e. The third-order valence-corrected chi connectivity index (χ3v) is 9.55. The SMILES string of the molecule is CCOc1ccc(N(CC(=O)N(Cc2cccc(Br)c2)[C@@H](Cc2ccccc2)C(=O)NC(C)C)S(=O)(=O)c2ccc(C)cc2)cc1. The van der Waals surface area contributed by atoms with Crippen molar-refractivity contribution in [1.29, 1.82) is 0 Å². The number of benzene rings is 4. The molecule has 8 nitrogen and oxygen atoms in total. The molecule has 0 aromatic heterocycles. The van der Waals surface area contributed by atoms with E-state index in [0.717, 1.165) is 25.5 Å². The zero-order chi connectivity index (χ0) is 33.3. The topological polar surface area (TPSA) is 96.0 Å². The second kappa shape index (κ2) is 15.9. The minimum atomic E-state index is -4.19. The van der Waals surface area contributed by atoms with Crippen LogP contribution in [0, 0.1) is 6.92 Å². The van der Waals surface area contributed by atoms with Gasteiger partial charge in [-0.15, -0.1) is 0 Å². The number of rotatable bonds is 14. The van der Waals surface area contributed by atoms with Crippen LogP contribution in [0.1, 0.15) is 37.5 Å². The Morgan fingerprint density at radius 3 is 2.13 bits per heavy atom. The summed E-state index contributed by atoms with van der Waals surface area (Å²) >= 11 is 3.51. The zero-order valence-corrected chi connectivity index (χ0v) is 28.9.